The second kappa shape index (κ2) is 5.82. The summed E-state index contributed by atoms with van der Waals surface area (Å²) in [5, 5.41) is 3.11. The van der Waals surface area contributed by atoms with E-state index in [4.69, 9.17) is 0 Å². The largest absolute Gasteiger partial charge is 0.573 e. The van der Waals surface area contributed by atoms with Crippen LogP contribution in [-0.4, -0.2) is 20.0 Å². The molecular formula is C14H18F3NO. The fraction of sp³-hybridized carbons (Fsp3) is 0.571. The minimum atomic E-state index is -4.63. The molecule has 1 saturated carbocycles. The zero-order chi connectivity index (χ0) is 13.9. The fourth-order valence-electron chi connectivity index (χ4n) is 2.96. The highest BCUT2D eigenvalue weighted by Crippen LogP contribution is 2.43. The maximum absolute atomic E-state index is 12.4. The standard InChI is InChI=1S/C14H18F3NO/c1-18-9-10-5-4-7-11(10)12-6-2-3-8-13(12)19-14(15,16)17/h2-3,6,8,10-11,18H,4-5,7,9H2,1H3. The second-order valence-corrected chi connectivity index (χ2v) is 4.94. The molecule has 1 N–H and O–H groups in total. The minimum absolute atomic E-state index is 0.0528. The van der Waals surface area contributed by atoms with E-state index in [9.17, 15) is 13.2 Å². The molecule has 2 atom stereocenters. The van der Waals surface area contributed by atoms with Crippen LogP contribution in [0.1, 0.15) is 30.7 Å². The number of nitrogens with one attached hydrogen (secondary N) is 1. The molecule has 2 nitrogen and oxygen atoms in total. The van der Waals surface area contributed by atoms with E-state index in [1.54, 1.807) is 18.2 Å². The highest BCUT2D eigenvalue weighted by molar-refractivity contribution is 5.37. The third kappa shape index (κ3) is 3.62. The molecule has 0 heterocycles. The molecule has 0 amide bonds. The van der Waals surface area contributed by atoms with Gasteiger partial charge in [0.05, 0.1) is 0 Å². The molecular weight excluding hydrogens is 255 g/mol. The maximum atomic E-state index is 12.4. The molecule has 106 valence electrons. The first-order chi connectivity index (χ1) is 9.01. The number of hydrogen-bond donors (Lipinski definition) is 1. The zero-order valence-corrected chi connectivity index (χ0v) is 10.8. The van der Waals surface area contributed by atoms with Gasteiger partial charge in [-0.05, 0) is 49.9 Å². The van der Waals surface area contributed by atoms with Gasteiger partial charge in [0.25, 0.3) is 0 Å². The Bertz CT molecular complexity index is 419. The van der Waals surface area contributed by atoms with E-state index in [0.717, 1.165) is 25.8 Å². The molecule has 19 heavy (non-hydrogen) atoms. The van der Waals surface area contributed by atoms with Crippen LogP contribution in [0.15, 0.2) is 24.3 Å². The summed E-state index contributed by atoms with van der Waals surface area (Å²) in [5.74, 6) is 0.469. The summed E-state index contributed by atoms with van der Waals surface area (Å²) in [6.45, 7) is 0.824. The number of halogens is 3. The molecule has 0 radical (unpaired) electrons. The van der Waals surface area contributed by atoms with Gasteiger partial charge in [-0.1, -0.05) is 24.6 Å². The van der Waals surface area contributed by atoms with Crippen LogP contribution in [0.5, 0.6) is 5.75 Å². The number of benzene rings is 1. The SMILES string of the molecule is CNCC1CCCC1c1ccccc1OC(F)(F)F. The van der Waals surface area contributed by atoms with Crippen molar-refractivity contribution in [2.24, 2.45) is 5.92 Å². The van der Waals surface area contributed by atoms with Gasteiger partial charge in [-0.2, -0.15) is 0 Å². The smallest absolute Gasteiger partial charge is 0.405 e. The molecule has 1 aliphatic carbocycles. The first-order valence-electron chi connectivity index (χ1n) is 6.50. The summed E-state index contributed by atoms with van der Waals surface area (Å²) in [6, 6.07) is 6.50. The third-order valence-electron chi connectivity index (χ3n) is 3.67. The topological polar surface area (TPSA) is 21.3 Å². The van der Waals surface area contributed by atoms with Gasteiger partial charge < -0.3 is 10.1 Å². The van der Waals surface area contributed by atoms with E-state index in [0.29, 0.717) is 11.5 Å². The van der Waals surface area contributed by atoms with Crippen molar-refractivity contribution >= 4 is 0 Å². The van der Waals surface area contributed by atoms with Crippen molar-refractivity contribution in [1.82, 2.24) is 5.32 Å². The fourth-order valence-corrected chi connectivity index (χ4v) is 2.96. The molecule has 1 fully saturated rings. The monoisotopic (exact) mass is 273 g/mol. The number of alkyl halides is 3. The molecule has 5 heteroatoms. The molecule has 0 bridgehead atoms. The number of ether oxygens (including phenoxy) is 1. The molecule has 1 aliphatic rings. The Morgan fingerprint density at radius 1 is 1.26 bits per heavy atom. The van der Waals surface area contributed by atoms with Crippen LogP contribution in [0.2, 0.25) is 0 Å². The first-order valence-corrected chi connectivity index (χ1v) is 6.50. The Morgan fingerprint density at radius 3 is 2.68 bits per heavy atom. The molecule has 0 aliphatic heterocycles. The Labute approximate surface area is 111 Å². The van der Waals surface area contributed by atoms with Gasteiger partial charge in [-0.15, -0.1) is 13.2 Å². The van der Waals surface area contributed by atoms with Gasteiger partial charge in [-0.3, -0.25) is 0 Å². The van der Waals surface area contributed by atoms with Crippen molar-refractivity contribution in [3.05, 3.63) is 29.8 Å². The summed E-state index contributed by atoms with van der Waals surface area (Å²) in [6.07, 6.45) is -1.61. The van der Waals surface area contributed by atoms with Crippen molar-refractivity contribution in [2.45, 2.75) is 31.5 Å². The third-order valence-corrected chi connectivity index (χ3v) is 3.67. The van der Waals surface area contributed by atoms with Gasteiger partial charge in [0.15, 0.2) is 0 Å². The van der Waals surface area contributed by atoms with Gasteiger partial charge in [-0.25, -0.2) is 0 Å². The lowest BCUT2D eigenvalue weighted by Gasteiger charge is -2.22. The zero-order valence-electron chi connectivity index (χ0n) is 10.8. The van der Waals surface area contributed by atoms with Crippen molar-refractivity contribution in [2.75, 3.05) is 13.6 Å². The predicted octanol–water partition coefficient (Wildman–Crippen LogP) is 3.69. The van der Waals surface area contributed by atoms with E-state index < -0.39 is 6.36 Å². The van der Waals surface area contributed by atoms with E-state index in [1.807, 2.05) is 7.05 Å². The van der Waals surface area contributed by atoms with Gasteiger partial charge in [0, 0.05) is 0 Å². The van der Waals surface area contributed by atoms with Crippen LogP contribution in [-0.2, 0) is 0 Å². The van der Waals surface area contributed by atoms with Gasteiger partial charge in [0.1, 0.15) is 5.75 Å². The van der Waals surface area contributed by atoms with E-state index in [-0.39, 0.29) is 11.7 Å². The van der Waals surface area contributed by atoms with Gasteiger partial charge >= 0.3 is 6.36 Å². The maximum Gasteiger partial charge on any atom is 0.573 e. The summed E-state index contributed by atoms with van der Waals surface area (Å²) in [4.78, 5) is 0. The average Bonchev–Trinajstić information content (AvgIpc) is 2.76. The van der Waals surface area contributed by atoms with Gasteiger partial charge in [0.2, 0.25) is 0 Å². The first kappa shape index (κ1) is 14.2. The summed E-state index contributed by atoms with van der Waals surface area (Å²) < 4.78 is 41.4. The van der Waals surface area contributed by atoms with E-state index in [1.165, 1.54) is 6.07 Å². The Balaban J connectivity index is 2.23. The van der Waals surface area contributed by atoms with Crippen LogP contribution in [0.4, 0.5) is 13.2 Å². The lowest BCUT2D eigenvalue weighted by Crippen LogP contribution is -2.23. The van der Waals surface area contributed by atoms with Crippen LogP contribution < -0.4 is 10.1 Å². The van der Waals surface area contributed by atoms with Crippen LogP contribution >= 0.6 is 0 Å². The Hall–Kier alpha value is -1.23. The number of rotatable bonds is 4. The van der Waals surface area contributed by atoms with Crippen molar-refractivity contribution in [3.63, 3.8) is 0 Å². The summed E-state index contributed by atoms with van der Waals surface area (Å²) >= 11 is 0. The van der Waals surface area contributed by atoms with Crippen molar-refractivity contribution in [1.29, 1.82) is 0 Å². The highest BCUT2D eigenvalue weighted by atomic mass is 19.4. The van der Waals surface area contributed by atoms with Crippen molar-refractivity contribution < 1.29 is 17.9 Å². The highest BCUT2D eigenvalue weighted by Gasteiger charge is 2.35. The van der Waals surface area contributed by atoms with Crippen LogP contribution in [0.25, 0.3) is 0 Å². The van der Waals surface area contributed by atoms with Crippen LogP contribution in [0, 0.1) is 5.92 Å². The summed E-state index contributed by atoms with van der Waals surface area (Å²) in [5.41, 5.74) is 0.678. The van der Waals surface area contributed by atoms with E-state index in [2.05, 4.69) is 10.1 Å². The lowest BCUT2D eigenvalue weighted by atomic mass is 9.88. The van der Waals surface area contributed by atoms with Crippen LogP contribution in [0.3, 0.4) is 0 Å². The molecule has 2 unspecified atom stereocenters. The number of para-hydroxylation sites is 1. The van der Waals surface area contributed by atoms with E-state index >= 15 is 0 Å². The molecule has 1 aromatic rings. The predicted molar refractivity (Wildman–Crippen MR) is 67.1 cm³/mol. The molecule has 0 saturated heterocycles. The normalized spacial score (nSPS) is 23.6. The second-order valence-electron chi connectivity index (χ2n) is 4.94. The summed E-state index contributed by atoms with van der Waals surface area (Å²) in [7, 11) is 1.87. The molecule has 0 spiro atoms. The molecule has 0 aromatic heterocycles. The number of hydrogen-bond acceptors (Lipinski definition) is 2. The minimum Gasteiger partial charge on any atom is -0.405 e. The quantitative estimate of drug-likeness (QED) is 0.903. The average molecular weight is 273 g/mol. The lowest BCUT2D eigenvalue weighted by molar-refractivity contribution is -0.275. The molecule has 1 aromatic carbocycles. The van der Waals surface area contributed by atoms with Crippen molar-refractivity contribution in [3.8, 4) is 5.75 Å². The Kier molecular flexibility index (Phi) is 4.34. The Morgan fingerprint density at radius 2 is 2.00 bits per heavy atom. The molecule has 2 rings (SSSR count).